The van der Waals surface area contributed by atoms with Crippen molar-refractivity contribution in [2.45, 2.75) is 38.7 Å². The van der Waals surface area contributed by atoms with Crippen molar-refractivity contribution in [1.82, 2.24) is 4.90 Å². The minimum atomic E-state index is -0.401. The number of amides is 2. The number of rotatable bonds is 5. The van der Waals surface area contributed by atoms with Crippen LogP contribution in [0, 0.1) is 11.8 Å². The normalized spacial score (nSPS) is 19.9. The monoisotopic (exact) mass is 331 g/mol. The van der Waals surface area contributed by atoms with Gasteiger partial charge in [0.05, 0.1) is 6.10 Å². The minimum absolute atomic E-state index is 0.167. The first-order valence-corrected chi connectivity index (χ1v) is 9.08. The smallest absolute Gasteiger partial charge is 0.321 e. The number of carbonyl (C=O) groups excluding carboxylic acids is 1. The molecule has 0 spiro atoms. The number of carbonyl (C=O) groups is 1. The molecule has 2 fully saturated rings. The van der Waals surface area contributed by atoms with E-state index in [-0.39, 0.29) is 6.03 Å². The van der Waals surface area contributed by atoms with E-state index >= 15 is 0 Å². The van der Waals surface area contributed by atoms with Gasteiger partial charge in [-0.15, -0.1) is 0 Å². The number of likely N-dealkylation sites (N-methyl/N-ethyl adjacent to an activating group) is 1. The van der Waals surface area contributed by atoms with Crippen LogP contribution in [0.5, 0.6) is 0 Å². The van der Waals surface area contributed by atoms with E-state index in [2.05, 4.69) is 23.2 Å². The number of anilines is 2. The van der Waals surface area contributed by atoms with E-state index in [9.17, 15) is 9.90 Å². The molecule has 1 aliphatic carbocycles. The van der Waals surface area contributed by atoms with Gasteiger partial charge in [-0.25, -0.2) is 4.79 Å². The van der Waals surface area contributed by atoms with Gasteiger partial charge in [0.15, 0.2) is 0 Å². The molecular formula is C19H29N3O2. The number of aliphatic hydroxyl groups is 1. The fraction of sp³-hybridized carbons (Fsp3) is 0.632. The Labute approximate surface area is 144 Å². The Morgan fingerprint density at radius 2 is 2.04 bits per heavy atom. The maximum absolute atomic E-state index is 12.3. The van der Waals surface area contributed by atoms with Crippen molar-refractivity contribution >= 4 is 17.4 Å². The largest absolute Gasteiger partial charge is 0.391 e. The summed E-state index contributed by atoms with van der Waals surface area (Å²) in [7, 11) is 1.73. The van der Waals surface area contributed by atoms with Crippen molar-refractivity contribution in [3.8, 4) is 0 Å². The van der Waals surface area contributed by atoms with E-state index in [1.54, 1.807) is 11.9 Å². The Morgan fingerprint density at radius 1 is 1.33 bits per heavy atom. The lowest BCUT2D eigenvalue weighted by Gasteiger charge is -2.32. The van der Waals surface area contributed by atoms with E-state index in [1.807, 2.05) is 18.2 Å². The first kappa shape index (κ1) is 17.1. The average molecular weight is 331 g/mol. The Balaban J connectivity index is 1.56. The van der Waals surface area contributed by atoms with Gasteiger partial charge in [0.1, 0.15) is 0 Å². The molecule has 2 aliphatic rings. The number of benzene rings is 1. The summed E-state index contributed by atoms with van der Waals surface area (Å²) in [5.74, 6) is 1.18. The quantitative estimate of drug-likeness (QED) is 0.871. The Kier molecular flexibility index (Phi) is 5.29. The van der Waals surface area contributed by atoms with E-state index in [1.165, 1.54) is 18.5 Å². The summed E-state index contributed by atoms with van der Waals surface area (Å²) in [6.07, 6.45) is 4.19. The van der Waals surface area contributed by atoms with Crippen LogP contribution < -0.4 is 10.2 Å². The molecule has 5 nitrogen and oxygen atoms in total. The summed E-state index contributed by atoms with van der Waals surface area (Å²) >= 11 is 0. The minimum Gasteiger partial charge on any atom is -0.391 e. The molecule has 0 aromatic heterocycles. The zero-order chi connectivity index (χ0) is 17.1. The fourth-order valence-electron chi connectivity index (χ4n) is 3.26. The zero-order valence-electron chi connectivity index (χ0n) is 14.7. The van der Waals surface area contributed by atoms with Gasteiger partial charge in [-0.05, 0) is 55.7 Å². The maximum Gasteiger partial charge on any atom is 0.321 e. The molecule has 1 atom stereocenters. The predicted octanol–water partition coefficient (Wildman–Crippen LogP) is 3.16. The number of piperidine rings is 1. The standard InChI is InChI=1S/C19H29N3O2/c1-14-8-10-22(11-9-14)17-5-3-4-16(12-17)20-19(24)21(2)13-18(23)15-6-7-15/h3-5,12,14-15,18,23H,6-11,13H2,1-2H3,(H,20,24). The van der Waals surface area contributed by atoms with Crippen LogP contribution in [0.25, 0.3) is 0 Å². The van der Waals surface area contributed by atoms with E-state index in [4.69, 9.17) is 0 Å². The van der Waals surface area contributed by atoms with Gasteiger partial charge in [-0.2, -0.15) is 0 Å². The van der Waals surface area contributed by atoms with Crippen LogP contribution in [0.1, 0.15) is 32.6 Å². The van der Waals surface area contributed by atoms with Crippen LogP contribution in [0.3, 0.4) is 0 Å². The number of nitrogens with zero attached hydrogens (tertiary/aromatic N) is 2. The van der Waals surface area contributed by atoms with E-state index in [0.717, 1.165) is 37.5 Å². The third-order valence-electron chi connectivity index (χ3n) is 5.22. The molecule has 132 valence electrons. The number of hydrogen-bond donors (Lipinski definition) is 2. The summed E-state index contributed by atoms with van der Waals surface area (Å²) in [5, 5.41) is 12.9. The Morgan fingerprint density at radius 3 is 2.71 bits per heavy atom. The van der Waals surface area contributed by atoms with E-state index in [0.29, 0.717) is 12.5 Å². The maximum atomic E-state index is 12.3. The summed E-state index contributed by atoms with van der Waals surface area (Å²) < 4.78 is 0. The molecule has 2 amide bonds. The first-order valence-electron chi connectivity index (χ1n) is 9.08. The van der Waals surface area contributed by atoms with Crippen molar-refractivity contribution in [1.29, 1.82) is 0 Å². The van der Waals surface area contributed by atoms with Crippen molar-refractivity contribution in [2.75, 3.05) is 36.9 Å². The third-order valence-corrected chi connectivity index (χ3v) is 5.22. The Hall–Kier alpha value is -1.75. The summed E-state index contributed by atoms with van der Waals surface area (Å²) in [6, 6.07) is 7.88. The molecule has 1 aliphatic heterocycles. The number of hydrogen-bond acceptors (Lipinski definition) is 3. The van der Waals surface area contributed by atoms with Crippen LogP contribution >= 0.6 is 0 Å². The van der Waals surface area contributed by atoms with Crippen molar-refractivity contribution < 1.29 is 9.90 Å². The van der Waals surface area contributed by atoms with Gasteiger partial charge in [-0.3, -0.25) is 0 Å². The second-order valence-electron chi connectivity index (χ2n) is 7.44. The highest BCUT2D eigenvalue weighted by Gasteiger charge is 2.31. The van der Waals surface area contributed by atoms with Crippen LogP contribution in [0.15, 0.2) is 24.3 Å². The zero-order valence-corrected chi connectivity index (χ0v) is 14.7. The number of aliphatic hydroxyl groups excluding tert-OH is 1. The summed E-state index contributed by atoms with van der Waals surface area (Å²) in [5.41, 5.74) is 1.98. The molecule has 0 bridgehead atoms. The van der Waals surface area contributed by atoms with Gasteiger partial charge in [0.25, 0.3) is 0 Å². The molecule has 1 unspecified atom stereocenters. The van der Waals surface area contributed by atoms with Crippen LogP contribution in [-0.2, 0) is 0 Å². The first-order chi connectivity index (χ1) is 11.5. The van der Waals surface area contributed by atoms with Crippen molar-refractivity contribution in [2.24, 2.45) is 11.8 Å². The molecular weight excluding hydrogens is 302 g/mol. The molecule has 1 saturated heterocycles. The highest BCUT2D eigenvalue weighted by Crippen LogP contribution is 2.32. The molecule has 1 aromatic carbocycles. The lowest BCUT2D eigenvalue weighted by Crippen LogP contribution is -2.38. The number of urea groups is 1. The molecule has 1 aromatic rings. The second-order valence-corrected chi connectivity index (χ2v) is 7.44. The highest BCUT2D eigenvalue weighted by molar-refractivity contribution is 5.89. The fourth-order valence-corrected chi connectivity index (χ4v) is 3.26. The molecule has 1 heterocycles. The van der Waals surface area contributed by atoms with Crippen LogP contribution in [0.4, 0.5) is 16.2 Å². The molecule has 1 saturated carbocycles. The van der Waals surface area contributed by atoms with Gasteiger partial charge in [0, 0.05) is 38.1 Å². The van der Waals surface area contributed by atoms with Crippen molar-refractivity contribution in [3.05, 3.63) is 24.3 Å². The molecule has 5 heteroatoms. The van der Waals surface area contributed by atoms with Crippen LogP contribution in [-0.4, -0.2) is 48.8 Å². The molecule has 0 radical (unpaired) electrons. The highest BCUT2D eigenvalue weighted by atomic mass is 16.3. The topological polar surface area (TPSA) is 55.8 Å². The molecule has 2 N–H and O–H groups in total. The van der Waals surface area contributed by atoms with E-state index < -0.39 is 6.10 Å². The van der Waals surface area contributed by atoms with Gasteiger partial charge < -0.3 is 20.2 Å². The SMILES string of the molecule is CC1CCN(c2cccc(NC(=O)N(C)CC(O)C3CC3)c2)CC1. The average Bonchev–Trinajstić information content (AvgIpc) is 3.40. The lowest BCUT2D eigenvalue weighted by atomic mass is 9.99. The van der Waals surface area contributed by atoms with Crippen molar-refractivity contribution in [3.63, 3.8) is 0 Å². The van der Waals surface area contributed by atoms with Crippen LogP contribution in [0.2, 0.25) is 0 Å². The lowest BCUT2D eigenvalue weighted by molar-refractivity contribution is 0.117. The summed E-state index contributed by atoms with van der Waals surface area (Å²) in [4.78, 5) is 16.3. The van der Waals surface area contributed by atoms with Gasteiger partial charge in [0.2, 0.25) is 0 Å². The molecule has 3 rings (SSSR count). The summed E-state index contributed by atoms with van der Waals surface area (Å²) in [6.45, 7) is 4.85. The van der Waals surface area contributed by atoms with Gasteiger partial charge >= 0.3 is 6.03 Å². The second kappa shape index (κ2) is 7.43. The third kappa shape index (κ3) is 4.41. The predicted molar refractivity (Wildman–Crippen MR) is 97.4 cm³/mol. The number of nitrogens with one attached hydrogen (secondary N) is 1. The van der Waals surface area contributed by atoms with Gasteiger partial charge in [-0.1, -0.05) is 13.0 Å². The Bertz CT molecular complexity index is 565. The molecule has 24 heavy (non-hydrogen) atoms.